The normalized spacial score (nSPS) is 20.8. The predicted molar refractivity (Wildman–Crippen MR) is 86.4 cm³/mol. The summed E-state index contributed by atoms with van der Waals surface area (Å²) in [5.74, 6) is 0.508. The second-order valence-corrected chi connectivity index (χ2v) is 6.29. The van der Waals surface area contributed by atoms with Gasteiger partial charge < -0.3 is 19.5 Å². The third-order valence-corrected chi connectivity index (χ3v) is 4.46. The highest BCUT2D eigenvalue weighted by molar-refractivity contribution is 5.94. The van der Waals surface area contributed by atoms with Crippen molar-refractivity contribution >= 4 is 16.9 Å². The molecule has 1 aliphatic heterocycles. The first kappa shape index (κ1) is 14.9. The molecule has 0 saturated carbocycles. The van der Waals surface area contributed by atoms with Gasteiger partial charge in [-0.1, -0.05) is 5.16 Å². The summed E-state index contributed by atoms with van der Waals surface area (Å²) in [6.45, 7) is 2.64. The van der Waals surface area contributed by atoms with Crippen LogP contribution in [0.2, 0.25) is 0 Å². The summed E-state index contributed by atoms with van der Waals surface area (Å²) < 4.78 is 5.21. The maximum Gasteiger partial charge on any atom is 0.272 e. The lowest BCUT2D eigenvalue weighted by Gasteiger charge is -2.15. The summed E-state index contributed by atoms with van der Waals surface area (Å²) in [4.78, 5) is 21.7. The van der Waals surface area contributed by atoms with Crippen molar-refractivity contribution < 1.29 is 14.4 Å². The lowest BCUT2D eigenvalue weighted by molar-refractivity contribution is 0.0759. The monoisotopic (exact) mass is 326 g/mol. The van der Waals surface area contributed by atoms with Crippen LogP contribution in [0.25, 0.3) is 11.0 Å². The van der Waals surface area contributed by atoms with E-state index in [2.05, 4.69) is 15.1 Å². The van der Waals surface area contributed by atoms with Crippen LogP contribution in [0.1, 0.15) is 21.9 Å². The zero-order valence-corrected chi connectivity index (χ0v) is 13.3. The molecule has 0 unspecified atom stereocenters. The molecule has 0 spiro atoms. The van der Waals surface area contributed by atoms with Crippen molar-refractivity contribution in [3.8, 4) is 0 Å². The van der Waals surface area contributed by atoms with Gasteiger partial charge in [-0.2, -0.15) is 0 Å². The van der Waals surface area contributed by atoms with Crippen LogP contribution < -0.4 is 0 Å². The minimum Gasteiger partial charge on any atom is -0.391 e. The number of aryl methyl sites for hydroxylation is 1. The fourth-order valence-electron chi connectivity index (χ4n) is 3.20. The molecule has 1 fully saturated rings. The maximum absolute atomic E-state index is 12.7. The highest BCUT2D eigenvalue weighted by Crippen LogP contribution is 2.23. The Balaban J connectivity index is 1.49. The van der Waals surface area contributed by atoms with Crippen LogP contribution in [-0.4, -0.2) is 50.2 Å². The second kappa shape index (κ2) is 5.76. The van der Waals surface area contributed by atoms with Crippen molar-refractivity contribution in [1.82, 2.24) is 20.0 Å². The molecule has 124 valence electrons. The van der Waals surface area contributed by atoms with E-state index in [9.17, 15) is 9.90 Å². The number of nitrogens with zero attached hydrogens (tertiary/aromatic N) is 3. The van der Waals surface area contributed by atoms with Crippen molar-refractivity contribution in [1.29, 1.82) is 0 Å². The van der Waals surface area contributed by atoms with Crippen molar-refractivity contribution in [2.45, 2.75) is 19.4 Å². The molecule has 4 heterocycles. The van der Waals surface area contributed by atoms with Gasteiger partial charge in [0.1, 0.15) is 17.1 Å². The van der Waals surface area contributed by atoms with Gasteiger partial charge in [0.2, 0.25) is 0 Å². The molecule has 0 bridgehead atoms. The summed E-state index contributed by atoms with van der Waals surface area (Å²) in [5, 5.41) is 15.1. The largest absolute Gasteiger partial charge is 0.391 e. The Bertz CT molecular complexity index is 885. The summed E-state index contributed by atoms with van der Waals surface area (Å²) in [6, 6.07) is 7.36. The van der Waals surface area contributed by atoms with E-state index >= 15 is 0 Å². The molecule has 3 aromatic heterocycles. The number of aliphatic hydroxyl groups excluding tert-OH is 1. The summed E-state index contributed by atoms with van der Waals surface area (Å²) >= 11 is 0. The SMILES string of the molecule is Cc1cc(C[C@@H]2CN(C(=O)c3ccc4cc[nH]c4n3)C[C@@H]2O)on1. The van der Waals surface area contributed by atoms with E-state index in [0.717, 1.165) is 16.8 Å². The van der Waals surface area contributed by atoms with E-state index in [-0.39, 0.29) is 11.8 Å². The van der Waals surface area contributed by atoms with Crippen LogP contribution in [0.15, 0.2) is 35.0 Å². The number of H-pyrrole nitrogens is 1. The zero-order chi connectivity index (χ0) is 16.7. The quantitative estimate of drug-likeness (QED) is 0.761. The van der Waals surface area contributed by atoms with E-state index in [1.165, 1.54) is 0 Å². The van der Waals surface area contributed by atoms with Crippen molar-refractivity contribution in [2.24, 2.45) is 5.92 Å². The standard InChI is InChI=1S/C17H18N4O3/c1-10-6-13(24-20-10)7-12-8-21(9-15(12)22)17(23)14-3-2-11-4-5-18-16(11)19-14/h2-6,12,15,22H,7-9H2,1H3,(H,18,19)/t12-,15+/m1/s1. The number of pyridine rings is 1. The first-order valence-corrected chi connectivity index (χ1v) is 7.94. The Hall–Kier alpha value is -2.67. The molecule has 2 atom stereocenters. The van der Waals surface area contributed by atoms with Crippen molar-refractivity contribution in [3.63, 3.8) is 0 Å². The number of carbonyl (C=O) groups is 1. The minimum absolute atomic E-state index is 0.0597. The molecule has 24 heavy (non-hydrogen) atoms. The molecule has 0 aliphatic carbocycles. The highest BCUT2D eigenvalue weighted by atomic mass is 16.5. The van der Waals surface area contributed by atoms with Gasteiger partial charge in [0.15, 0.2) is 0 Å². The second-order valence-electron chi connectivity index (χ2n) is 6.29. The van der Waals surface area contributed by atoms with Crippen LogP contribution >= 0.6 is 0 Å². The molecule has 1 amide bonds. The van der Waals surface area contributed by atoms with Crippen LogP contribution in [0.4, 0.5) is 0 Å². The number of carbonyl (C=O) groups excluding carboxylic acids is 1. The molecular weight excluding hydrogens is 308 g/mol. The van der Waals surface area contributed by atoms with E-state index in [4.69, 9.17) is 4.52 Å². The Morgan fingerprint density at radius 3 is 3.08 bits per heavy atom. The molecule has 1 aliphatic rings. The van der Waals surface area contributed by atoms with Gasteiger partial charge in [-0.15, -0.1) is 0 Å². The third-order valence-electron chi connectivity index (χ3n) is 4.46. The highest BCUT2D eigenvalue weighted by Gasteiger charge is 2.35. The van der Waals surface area contributed by atoms with Crippen LogP contribution in [-0.2, 0) is 6.42 Å². The van der Waals surface area contributed by atoms with Crippen LogP contribution in [0, 0.1) is 12.8 Å². The van der Waals surface area contributed by atoms with E-state index in [1.54, 1.807) is 17.2 Å². The van der Waals surface area contributed by atoms with Gasteiger partial charge in [0, 0.05) is 43.1 Å². The van der Waals surface area contributed by atoms with Gasteiger partial charge in [0.05, 0.1) is 11.8 Å². The fraction of sp³-hybridized carbons (Fsp3) is 0.353. The molecule has 0 radical (unpaired) electrons. The third kappa shape index (κ3) is 2.67. The predicted octanol–water partition coefficient (Wildman–Crippen LogP) is 1.53. The smallest absolute Gasteiger partial charge is 0.272 e. The Labute approximate surface area is 138 Å². The molecule has 3 aromatic rings. The number of β-amino-alcohol motifs (C(OH)–C–C–N with tert-alkyl or cyclic N) is 1. The fourth-order valence-corrected chi connectivity index (χ4v) is 3.20. The van der Waals surface area contributed by atoms with Crippen LogP contribution in [0.5, 0.6) is 0 Å². The Morgan fingerprint density at radius 1 is 1.42 bits per heavy atom. The molecule has 4 rings (SSSR count). The first-order valence-electron chi connectivity index (χ1n) is 7.94. The molecular formula is C17H18N4O3. The number of hydrogen-bond donors (Lipinski definition) is 2. The summed E-state index contributed by atoms with van der Waals surface area (Å²) in [6.07, 6.45) is 1.78. The lowest BCUT2D eigenvalue weighted by atomic mass is 10.0. The Kier molecular flexibility index (Phi) is 3.57. The number of amides is 1. The zero-order valence-electron chi connectivity index (χ0n) is 13.3. The Morgan fingerprint density at radius 2 is 2.29 bits per heavy atom. The summed E-state index contributed by atoms with van der Waals surface area (Å²) in [7, 11) is 0. The number of hydrogen-bond acceptors (Lipinski definition) is 5. The minimum atomic E-state index is -0.575. The average Bonchev–Trinajstić information content (AvgIpc) is 3.27. The van der Waals surface area contributed by atoms with Gasteiger partial charge in [-0.05, 0) is 25.1 Å². The number of aromatic amines is 1. The molecule has 2 N–H and O–H groups in total. The van der Waals surface area contributed by atoms with E-state index in [0.29, 0.717) is 30.9 Å². The van der Waals surface area contributed by atoms with Gasteiger partial charge in [-0.3, -0.25) is 4.79 Å². The molecule has 7 nitrogen and oxygen atoms in total. The number of nitrogens with one attached hydrogen (secondary N) is 1. The number of likely N-dealkylation sites (tertiary alicyclic amines) is 1. The van der Waals surface area contributed by atoms with Crippen molar-refractivity contribution in [2.75, 3.05) is 13.1 Å². The van der Waals surface area contributed by atoms with Crippen molar-refractivity contribution in [3.05, 3.63) is 47.6 Å². The molecule has 1 saturated heterocycles. The van der Waals surface area contributed by atoms with E-state index < -0.39 is 6.10 Å². The maximum atomic E-state index is 12.7. The van der Waals surface area contributed by atoms with E-state index in [1.807, 2.05) is 25.1 Å². The number of aliphatic hydroxyl groups is 1. The van der Waals surface area contributed by atoms with Gasteiger partial charge in [0.25, 0.3) is 5.91 Å². The average molecular weight is 326 g/mol. The topological polar surface area (TPSA) is 95.2 Å². The summed E-state index contributed by atoms with van der Waals surface area (Å²) in [5.41, 5.74) is 1.89. The van der Waals surface area contributed by atoms with Gasteiger partial charge in [-0.25, -0.2) is 4.98 Å². The molecule has 0 aromatic carbocycles. The number of aromatic nitrogens is 3. The first-order chi connectivity index (χ1) is 11.6. The lowest BCUT2D eigenvalue weighted by Crippen LogP contribution is -2.30. The molecule has 7 heteroatoms. The van der Waals surface area contributed by atoms with Gasteiger partial charge >= 0.3 is 0 Å². The number of rotatable bonds is 3. The number of fused-ring (bicyclic) bond motifs is 1. The van der Waals surface area contributed by atoms with Crippen LogP contribution in [0.3, 0.4) is 0 Å².